The first kappa shape index (κ1) is 16.8. The Morgan fingerprint density at radius 1 is 1.14 bits per heavy atom. The zero-order chi connectivity index (χ0) is 15.8. The maximum atomic E-state index is 12.7. The van der Waals surface area contributed by atoms with Crippen molar-refractivity contribution in [3.05, 3.63) is 0 Å². The van der Waals surface area contributed by atoms with Crippen LogP contribution in [-0.4, -0.2) is 54.5 Å². The van der Waals surface area contributed by atoms with Gasteiger partial charge >= 0.3 is 0 Å². The van der Waals surface area contributed by atoms with E-state index in [0.717, 1.165) is 39.1 Å². The predicted octanol–water partition coefficient (Wildman–Crippen LogP) is 1.94. The van der Waals surface area contributed by atoms with E-state index in [1.807, 2.05) is 0 Å². The molecule has 2 rings (SSSR count). The third-order valence-electron chi connectivity index (χ3n) is 6.30. The van der Waals surface area contributed by atoms with Crippen molar-refractivity contribution in [2.45, 2.75) is 53.5 Å². The molecule has 21 heavy (non-hydrogen) atoms. The highest BCUT2D eigenvalue weighted by Gasteiger charge is 2.68. The fourth-order valence-electron chi connectivity index (χ4n) is 4.09. The number of amides is 1. The topological polar surface area (TPSA) is 49.6 Å². The van der Waals surface area contributed by atoms with E-state index in [-0.39, 0.29) is 16.7 Å². The van der Waals surface area contributed by atoms with Crippen LogP contribution in [0.15, 0.2) is 0 Å². The van der Waals surface area contributed by atoms with Gasteiger partial charge in [-0.2, -0.15) is 0 Å². The summed E-state index contributed by atoms with van der Waals surface area (Å²) in [5.41, 5.74) is 6.18. The summed E-state index contributed by atoms with van der Waals surface area (Å²) >= 11 is 0. The Hall–Kier alpha value is -0.610. The maximum Gasteiger partial charge on any atom is 0.226 e. The van der Waals surface area contributed by atoms with E-state index in [4.69, 9.17) is 5.73 Å². The van der Waals surface area contributed by atoms with Crippen molar-refractivity contribution >= 4 is 5.91 Å². The molecule has 1 saturated heterocycles. The van der Waals surface area contributed by atoms with Gasteiger partial charge in [-0.15, -0.1) is 0 Å². The molecule has 0 aromatic carbocycles. The molecule has 2 aliphatic rings. The van der Waals surface area contributed by atoms with Crippen molar-refractivity contribution in [2.24, 2.45) is 22.5 Å². The minimum Gasteiger partial charge on any atom is -0.340 e. The summed E-state index contributed by atoms with van der Waals surface area (Å²) < 4.78 is 0. The molecule has 1 amide bonds. The Morgan fingerprint density at radius 2 is 1.67 bits per heavy atom. The minimum atomic E-state index is 0.142. The number of piperazine rings is 1. The van der Waals surface area contributed by atoms with Gasteiger partial charge in [0.2, 0.25) is 5.91 Å². The standard InChI is InChI=1S/C17H33N3O/c1-6-7-13(12-18)19-8-10-20(11-9-19)15(21)14-16(2,3)17(14,4)5/h13-14H,6-12,18H2,1-5H3. The fourth-order valence-corrected chi connectivity index (χ4v) is 4.09. The number of nitrogens with zero attached hydrogens (tertiary/aromatic N) is 2. The molecule has 1 saturated carbocycles. The van der Waals surface area contributed by atoms with Crippen molar-refractivity contribution < 1.29 is 4.79 Å². The predicted molar refractivity (Wildman–Crippen MR) is 87.0 cm³/mol. The summed E-state index contributed by atoms with van der Waals surface area (Å²) in [6, 6.07) is 0.487. The van der Waals surface area contributed by atoms with Gasteiger partial charge in [0.25, 0.3) is 0 Å². The fraction of sp³-hybridized carbons (Fsp3) is 0.941. The van der Waals surface area contributed by atoms with Gasteiger partial charge in [-0.05, 0) is 17.3 Å². The number of hydrogen-bond acceptors (Lipinski definition) is 3. The summed E-state index contributed by atoms with van der Waals surface area (Å²) in [6.07, 6.45) is 2.33. The van der Waals surface area contributed by atoms with Crippen molar-refractivity contribution in [1.29, 1.82) is 0 Å². The molecule has 4 heteroatoms. The van der Waals surface area contributed by atoms with Crippen LogP contribution in [0.4, 0.5) is 0 Å². The summed E-state index contributed by atoms with van der Waals surface area (Å²) in [5, 5.41) is 0. The molecule has 1 heterocycles. The van der Waals surface area contributed by atoms with Crippen LogP contribution in [0.25, 0.3) is 0 Å². The summed E-state index contributed by atoms with van der Waals surface area (Å²) in [7, 11) is 0. The molecule has 1 aliphatic carbocycles. The Kier molecular flexibility index (Phi) is 4.69. The van der Waals surface area contributed by atoms with E-state index in [2.05, 4.69) is 44.4 Å². The van der Waals surface area contributed by atoms with Crippen molar-refractivity contribution in [2.75, 3.05) is 32.7 Å². The largest absolute Gasteiger partial charge is 0.340 e. The molecular formula is C17H33N3O. The Bertz CT molecular complexity index is 369. The quantitative estimate of drug-likeness (QED) is 0.843. The van der Waals surface area contributed by atoms with Crippen LogP contribution in [0, 0.1) is 16.7 Å². The van der Waals surface area contributed by atoms with Crippen LogP contribution in [0.1, 0.15) is 47.5 Å². The average molecular weight is 295 g/mol. The monoisotopic (exact) mass is 295 g/mol. The summed E-state index contributed by atoms with van der Waals surface area (Å²) in [4.78, 5) is 17.3. The average Bonchev–Trinajstić information content (AvgIpc) is 2.85. The summed E-state index contributed by atoms with van der Waals surface area (Å²) in [6.45, 7) is 15.5. The number of rotatable bonds is 5. The molecule has 0 radical (unpaired) electrons. The van der Waals surface area contributed by atoms with Crippen LogP contribution in [0.3, 0.4) is 0 Å². The maximum absolute atomic E-state index is 12.7. The molecule has 2 N–H and O–H groups in total. The minimum absolute atomic E-state index is 0.142. The molecule has 1 aliphatic heterocycles. The van der Waals surface area contributed by atoms with Crippen molar-refractivity contribution in [3.63, 3.8) is 0 Å². The van der Waals surface area contributed by atoms with Gasteiger partial charge in [0, 0.05) is 44.7 Å². The van der Waals surface area contributed by atoms with Gasteiger partial charge in [0.05, 0.1) is 0 Å². The van der Waals surface area contributed by atoms with E-state index in [1.165, 1.54) is 6.42 Å². The molecule has 0 spiro atoms. The highest BCUT2D eigenvalue weighted by Crippen LogP contribution is 2.68. The van der Waals surface area contributed by atoms with Crippen molar-refractivity contribution in [1.82, 2.24) is 9.80 Å². The first-order valence-electron chi connectivity index (χ1n) is 8.50. The molecule has 0 aromatic heterocycles. The third kappa shape index (κ3) is 2.85. The lowest BCUT2D eigenvalue weighted by Gasteiger charge is -2.39. The van der Waals surface area contributed by atoms with Crippen LogP contribution in [-0.2, 0) is 4.79 Å². The Balaban J connectivity index is 1.89. The highest BCUT2D eigenvalue weighted by atomic mass is 16.2. The van der Waals surface area contributed by atoms with E-state index in [0.29, 0.717) is 11.9 Å². The lowest BCUT2D eigenvalue weighted by Crippen LogP contribution is -2.54. The van der Waals surface area contributed by atoms with Gasteiger partial charge in [-0.25, -0.2) is 0 Å². The van der Waals surface area contributed by atoms with Gasteiger partial charge in [0.1, 0.15) is 0 Å². The number of carbonyl (C=O) groups is 1. The van der Waals surface area contributed by atoms with Crippen LogP contribution >= 0.6 is 0 Å². The molecule has 4 nitrogen and oxygen atoms in total. The second-order valence-corrected chi connectivity index (χ2v) is 7.92. The number of hydrogen-bond donors (Lipinski definition) is 1. The van der Waals surface area contributed by atoms with Gasteiger partial charge in [0.15, 0.2) is 0 Å². The van der Waals surface area contributed by atoms with Crippen LogP contribution in [0.5, 0.6) is 0 Å². The van der Waals surface area contributed by atoms with Gasteiger partial charge in [-0.3, -0.25) is 9.69 Å². The van der Waals surface area contributed by atoms with E-state index < -0.39 is 0 Å². The summed E-state index contributed by atoms with van der Waals surface area (Å²) in [5.74, 6) is 0.557. The van der Waals surface area contributed by atoms with E-state index in [1.54, 1.807) is 0 Å². The lowest BCUT2D eigenvalue weighted by molar-refractivity contribution is -0.136. The first-order chi connectivity index (χ1) is 9.77. The third-order valence-corrected chi connectivity index (χ3v) is 6.30. The normalized spacial score (nSPS) is 26.7. The Labute approximate surface area is 130 Å². The molecule has 0 bridgehead atoms. The molecule has 1 unspecified atom stereocenters. The van der Waals surface area contributed by atoms with Gasteiger partial charge < -0.3 is 10.6 Å². The van der Waals surface area contributed by atoms with Crippen LogP contribution < -0.4 is 5.73 Å². The van der Waals surface area contributed by atoms with Crippen molar-refractivity contribution in [3.8, 4) is 0 Å². The first-order valence-corrected chi connectivity index (χ1v) is 8.50. The van der Waals surface area contributed by atoms with E-state index in [9.17, 15) is 4.79 Å². The SMILES string of the molecule is CCCC(CN)N1CCN(C(=O)C2C(C)(C)C2(C)C)CC1. The number of carbonyl (C=O) groups excluding carboxylic acids is 1. The molecule has 1 atom stereocenters. The zero-order valence-corrected chi connectivity index (χ0v) is 14.5. The molecular weight excluding hydrogens is 262 g/mol. The molecule has 2 fully saturated rings. The lowest BCUT2D eigenvalue weighted by atomic mass is 10.0. The van der Waals surface area contributed by atoms with Gasteiger partial charge in [-0.1, -0.05) is 41.0 Å². The van der Waals surface area contributed by atoms with E-state index >= 15 is 0 Å². The highest BCUT2D eigenvalue weighted by molar-refractivity contribution is 5.84. The number of nitrogens with two attached hydrogens (primary N) is 1. The second kappa shape index (κ2) is 5.88. The second-order valence-electron chi connectivity index (χ2n) is 7.92. The Morgan fingerprint density at radius 3 is 2.05 bits per heavy atom. The van der Waals surface area contributed by atoms with Crippen LogP contribution in [0.2, 0.25) is 0 Å². The smallest absolute Gasteiger partial charge is 0.226 e. The zero-order valence-electron chi connectivity index (χ0n) is 14.5. The molecule has 122 valence electrons. The molecule has 0 aromatic rings.